The number of nitrogens with one attached hydrogen (secondary N) is 2. The minimum absolute atomic E-state index is 0. The van der Waals surface area contributed by atoms with Gasteiger partial charge in [-0.1, -0.05) is 6.07 Å². The summed E-state index contributed by atoms with van der Waals surface area (Å²) < 4.78 is 0.894. The van der Waals surface area contributed by atoms with Crippen molar-refractivity contribution < 1.29 is 0 Å². The van der Waals surface area contributed by atoms with Crippen LogP contribution < -0.4 is 10.6 Å². The van der Waals surface area contributed by atoms with Gasteiger partial charge >= 0.3 is 0 Å². The monoisotopic (exact) mass is 305 g/mol. The Balaban J connectivity index is 0.00000128. The Morgan fingerprint density at radius 2 is 2.38 bits per heavy atom. The minimum atomic E-state index is 0. The third-order valence-corrected chi connectivity index (χ3v) is 3.15. The number of hydrogen-bond donors (Lipinski definition) is 2. The Morgan fingerprint density at radius 1 is 1.50 bits per heavy atom. The van der Waals surface area contributed by atoms with Crippen LogP contribution in [-0.4, -0.2) is 24.1 Å². The minimum Gasteiger partial charge on any atom is -0.315 e. The van der Waals surface area contributed by atoms with E-state index in [2.05, 4.69) is 37.6 Å². The van der Waals surface area contributed by atoms with Crippen molar-refractivity contribution in [2.24, 2.45) is 0 Å². The molecule has 2 heterocycles. The fraction of sp³-hybridized carbons (Fsp3) is 0.545. The number of aromatic nitrogens is 1. The lowest BCUT2D eigenvalue weighted by atomic mass is 10.1. The van der Waals surface area contributed by atoms with Crippen LogP contribution in [-0.2, 0) is 6.54 Å². The summed E-state index contributed by atoms with van der Waals surface area (Å²) in [5.41, 5.74) is 1.24. The first-order chi connectivity index (χ1) is 7.34. The fourth-order valence-electron chi connectivity index (χ4n) is 1.80. The van der Waals surface area contributed by atoms with Crippen molar-refractivity contribution in [2.75, 3.05) is 13.1 Å². The van der Waals surface area contributed by atoms with E-state index in [9.17, 15) is 0 Å². The number of nitrogens with zero attached hydrogens (tertiary/aromatic N) is 1. The van der Waals surface area contributed by atoms with Gasteiger partial charge < -0.3 is 10.6 Å². The van der Waals surface area contributed by atoms with Gasteiger partial charge in [0.1, 0.15) is 4.60 Å². The van der Waals surface area contributed by atoms with E-state index in [0.717, 1.165) is 24.2 Å². The van der Waals surface area contributed by atoms with E-state index in [1.807, 2.05) is 12.3 Å². The number of pyridine rings is 1. The fourth-order valence-corrected chi connectivity index (χ4v) is 2.03. The Hall–Kier alpha value is -0.160. The van der Waals surface area contributed by atoms with Crippen LogP contribution in [0.2, 0.25) is 0 Å². The lowest BCUT2D eigenvalue weighted by Crippen LogP contribution is -2.42. The molecule has 0 amide bonds. The van der Waals surface area contributed by atoms with Gasteiger partial charge in [-0.2, -0.15) is 0 Å². The molecule has 1 unspecified atom stereocenters. The standard InChI is InChI=1S/C11H16BrN3.ClH/c12-11-4-3-9(7-15-11)6-14-10-2-1-5-13-8-10;/h3-4,7,10,13-14H,1-2,5-6,8H2;1H. The first-order valence-electron chi connectivity index (χ1n) is 5.39. The summed E-state index contributed by atoms with van der Waals surface area (Å²) >= 11 is 3.33. The zero-order chi connectivity index (χ0) is 10.5. The topological polar surface area (TPSA) is 37.0 Å². The maximum absolute atomic E-state index is 4.20. The van der Waals surface area contributed by atoms with Gasteiger partial charge in [0.2, 0.25) is 0 Å². The molecule has 1 saturated heterocycles. The smallest absolute Gasteiger partial charge is 0.106 e. The second-order valence-electron chi connectivity index (χ2n) is 3.91. The van der Waals surface area contributed by atoms with Gasteiger partial charge in [0, 0.05) is 25.3 Å². The van der Waals surface area contributed by atoms with E-state index in [0.29, 0.717) is 6.04 Å². The van der Waals surface area contributed by atoms with Crippen LogP contribution in [0.3, 0.4) is 0 Å². The van der Waals surface area contributed by atoms with Crippen molar-refractivity contribution in [3.8, 4) is 0 Å². The molecule has 0 bridgehead atoms. The average Bonchev–Trinajstić information content (AvgIpc) is 2.30. The summed E-state index contributed by atoms with van der Waals surface area (Å²) in [5.74, 6) is 0. The molecule has 1 fully saturated rings. The molecule has 2 N–H and O–H groups in total. The van der Waals surface area contributed by atoms with Crippen LogP contribution in [0.15, 0.2) is 22.9 Å². The Bertz CT molecular complexity index is 299. The van der Waals surface area contributed by atoms with Crippen molar-refractivity contribution in [1.82, 2.24) is 15.6 Å². The summed E-state index contributed by atoms with van der Waals surface area (Å²) in [4.78, 5) is 4.20. The molecule has 0 radical (unpaired) electrons. The molecule has 5 heteroatoms. The summed E-state index contributed by atoms with van der Waals surface area (Å²) in [6, 6.07) is 4.69. The van der Waals surface area contributed by atoms with Crippen molar-refractivity contribution in [3.63, 3.8) is 0 Å². The highest BCUT2D eigenvalue weighted by molar-refractivity contribution is 9.10. The van der Waals surface area contributed by atoms with Gasteiger partial charge in [-0.05, 0) is 46.9 Å². The molecule has 1 aliphatic heterocycles. The van der Waals surface area contributed by atoms with Crippen LogP contribution in [0, 0.1) is 0 Å². The maximum atomic E-state index is 4.20. The van der Waals surface area contributed by atoms with Gasteiger partial charge in [-0.25, -0.2) is 4.98 Å². The van der Waals surface area contributed by atoms with Crippen LogP contribution in [0.5, 0.6) is 0 Å². The Kier molecular flexibility index (Phi) is 6.28. The highest BCUT2D eigenvalue weighted by atomic mass is 79.9. The zero-order valence-electron chi connectivity index (χ0n) is 9.08. The first kappa shape index (κ1) is 13.9. The predicted molar refractivity (Wildman–Crippen MR) is 71.9 cm³/mol. The van der Waals surface area contributed by atoms with Crippen molar-refractivity contribution >= 4 is 28.3 Å². The Labute approximate surface area is 111 Å². The first-order valence-corrected chi connectivity index (χ1v) is 6.18. The van der Waals surface area contributed by atoms with E-state index < -0.39 is 0 Å². The lowest BCUT2D eigenvalue weighted by Gasteiger charge is -2.23. The summed E-state index contributed by atoms with van der Waals surface area (Å²) in [6.45, 7) is 3.16. The van der Waals surface area contributed by atoms with Gasteiger partial charge in [-0.3, -0.25) is 0 Å². The van der Waals surface area contributed by atoms with E-state index in [4.69, 9.17) is 0 Å². The second kappa shape index (κ2) is 7.22. The largest absolute Gasteiger partial charge is 0.315 e. The number of piperidine rings is 1. The maximum Gasteiger partial charge on any atom is 0.106 e. The number of halogens is 2. The molecule has 0 saturated carbocycles. The van der Waals surface area contributed by atoms with Crippen molar-refractivity contribution in [1.29, 1.82) is 0 Å². The molecule has 16 heavy (non-hydrogen) atoms. The van der Waals surface area contributed by atoms with Crippen LogP contribution in [0.25, 0.3) is 0 Å². The highest BCUT2D eigenvalue weighted by Crippen LogP contribution is 2.07. The number of hydrogen-bond acceptors (Lipinski definition) is 3. The second-order valence-corrected chi connectivity index (χ2v) is 4.73. The van der Waals surface area contributed by atoms with Gasteiger partial charge in [0.05, 0.1) is 0 Å². The predicted octanol–water partition coefficient (Wildman–Crippen LogP) is 2.11. The molecular formula is C11H17BrClN3. The van der Waals surface area contributed by atoms with E-state index in [1.165, 1.54) is 18.4 Å². The van der Waals surface area contributed by atoms with E-state index >= 15 is 0 Å². The highest BCUT2D eigenvalue weighted by Gasteiger charge is 2.11. The molecular weight excluding hydrogens is 289 g/mol. The molecule has 1 aliphatic rings. The van der Waals surface area contributed by atoms with E-state index in [-0.39, 0.29) is 12.4 Å². The Morgan fingerprint density at radius 3 is 3.00 bits per heavy atom. The van der Waals surface area contributed by atoms with E-state index in [1.54, 1.807) is 0 Å². The summed E-state index contributed by atoms with van der Waals surface area (Å²) in [7, 11) is 0. The summed E-state index contributed by atoms with van der Waals surface area (Å²) in [5, 5.41) is 6.93. The van der Waals surface area contributed by atoms with Crippen LogP contribution >= 0.6 is 28.3 Å². The van der Waals surface area contributed by atoms with Crippen LogP contribution in [0.4, 0.5) is 0 Å². The molecule has 0 spiro atoms. The number of rotatable bonds is 3. The summed E-state index contributed by atoms with van der Waals surface area (Å²) in [6.07, 6.45) is 4.46. The molecule has 2 rings (SSSR count). The third-order valence-electron chi connectivity index (χ3n) is 2.68. The average molecular weight is 307 g/mol. The molecule has 3 nitrogen and oxygen atoms in total. The van der Waals surface area contributed by atoms with Crippen LogP contribution in [0.1, 0.15) is 18.4 Å². The van der Waals surface area contributed by atoms with Crippen molar-refractivity contribution in [3.05, 3.63) is 28.5 Å². The molecule has 90 valence electrons. The third kappa shape index (κ3) is 4.37. The quantitative estimate of drug-likeness (QED) is 0.840. The van der Waals surface area contributed by atoms with Crippen molar-refractivity contribution in [2.45, 2.75) is 25.4 Å². The zero-order valence-corrected chi connectivity index (χ0v) is 11.5. The van der Waals surface area contributed by atoms with Gasteiger partial charge in [0.15, 0.2) is 0 Å². The lowest BCUT2D eigenvalue weighted by molar-refractivity contribution is 0.389. The molecule has 1 aromatic heterocycles. The van der Waals surface area contributed by atoms with Gasteiger partial charge in [-0.15, -0.1) is 12.4 Å². The molecule has 1 aromatic rings. The molecule has 1 atom stereocenters. The normalized spacial score (nSPS) is 20.2. The van der Waals surface area contributed by atoms with Gasteiger partial charge in [0.25, 0.3) is 0 Å². The molecule has 0 aromatic carbocycles. The SMILES string of the molecule is Brc1ccc(CNC2CCCNC2)cn1.Cl. The molecule has 0 aliphatic carbocycles.